The van der Waals surface area contributed by atoms with Gasteiger partial charge in [-0.25, -0.2) is 4.79 Å². The summed E-state index contributed by atoms with van der Waals surface area (Å²) in [5.41, 5.74) is 0.637. The lowest BCUT2D eigenvalue weighted by Crippen LogP contribution is -2.37. The highest BCUT2D eigenvalue weighted by atomic mass is 35.5. The summed E-state index contributed by atoms with van der Waals surface area (Å²) < 4.78 is 5.45. The summed E-state index contributed by atoms with van der Waals surface area (Å²) in [6, 6.07) is 10.0. The van der Waals surface area contributed by atoms with E-state index in [1.165, 1.54) is 0 Å². The molecule has 122 valence electrons. The van der Waals surface area contributed by atoms with Crippen molar-refractivity contribution in [1.29, 1.82) is 0 Å². The third-order valence-electron chi connectivity index (χ3n) is 2.90. The van der Waals surface area contributed by atoms with E-state index in [0.29, 0.717) is 19.0 Å². The molecule has 0 aliphatic carbocycles. The zero-order valence-corrected chi connectivity index (χ0v) is 14.5. The van der Waals surface area contributed by atoms with E-state index in [0.717, 1.165) is 18.4 Å². The second-order valence-electron chi connectivity index (χ2n) is 6.14. The monoisotopic (exact) mass is 323 g/mol. The molecular weight excluding hydrogens is 298 g/mol. The second kappa shape index (κ2) is 9.52. The van der Waals surface area contributed by atoms with Crippen LogP contribution in [0.2, 0.25) is 0 Å². The van der Waals surface area contributed by atoms with E-state index in [9.17, 15) is 4.79 Å². The molecule has 0 fully saturated rings. The lowest BCUT2D eigenvalue weighted by molar-refractivity contribution is 0.0270. The van der Waals surface area contributed by atoms with E-state index < -0.39 is 5.60 Å². The van der Waals surface area contributed by atoms with E-state index in [-0.39, 0.29) is 6.09 Å². The maximum Gasteiger partial charge on any atom is 0.410 e. The van der Waals surface area contributed by atoms with Gasteiger partial charge in [-0.15, -0.1) is 11.6 Å². The number of amides is 1. The predicted molar refractivity (Wildman–Crippen MR) is 93.2 cm³/mol. The summed E-state index contributed by atoms with van der Waals surface area (Å²) in [5.74, 6) is 0.613. The van der Waals surface area contributed by atoms with Crippen LogP contribution in [0.5, 0.6) is 0 Å². The normalized spacial score (nSPS) is 11.6. The zero-order valence-electron chi connectivity index (χ0n) is 13.7. The van der Waals surface area contributed by atoms with Crippen molar-refractivity contribution in [3.63, 3.8) is 0 Å². The fourth-order valence-electron chi connectivity index (χ4n) is 1.86. The van der Waals surface area contributed by atoms with E-state index in [1.807, 2.05) is 63.3 Å². The van der Waals surface area contributed by atoms with Crippen molar-refractivity contribution in [1.82, 2.24) is 4.90 Å². The van der Waals surface area contributed by atoms with Gasteiger partial charge in [0, 0.05) is 19.0 Å². The van der Waals surface area contributed by atoms with Gasteiger partial charge in [0.1, 0.15) is 5.60 Å². The third-order valence-corrected chi connectivity index (χ3v) is 3.17. The Kier molecular flexibility index (Phi) is 8.03. The Hall–Kier alpha value is -1.48. The Morgan fingerprint density at radius 3 is 2.50 bits per heavy atom. The van der Waals surface area contributed by atoms with Gasteiger partial charge < -0.3 is 9.64 Å². The number of halogens is 1. The van der Waals surface area contributed by atoms with Crippen molar-refractivity contribution >= 4 is 23.8 Å². The molecule has 1 rings (SSSR count). The van der Waals surface area contributed by atoms with Crippen molar-refractivity contribution in [2.24, 2.45) is 0 Å². The van der Waals surface area contributed by atoms with Gasteiger partial charge in [-0.05, 0) is 39.2 Å². The molecule has 1 aromatic carbocycles. The number of rotatable bonds is 7. The molecule has 0 aliphatic rings. The van der Waals surface area contributed by atoms with E-state index in [4.69, 9.17) is 16.3 Å². The number of hydrogen-bond donors (Lipinski definition) is 0. The van der Waals surface area contributed by atoms with Gasteiger partial charge in [0.05, 0.1) is 0 Å². The standard InChI is InChI=1S/C18H26ClNO2/c1-18(2,3)22-17(21)20(14-8-7-13-19)15-9-12-16-10-5-4-6-11-16/h4-6,9-12H,7-8,13-15H2,1-3H3/b12-9+. The fraction of sp³-hybridized carbons (Fsp3) is 0.500. The largest absolute Gasteiger partial charge is 0.444 e. The number of nitrogens with zero attached hydrogens (tertiary/aromatic N) is 1. The van der Waals surface area contributed by atoms with Gasteiger partial charge in [-0.3, -0.25) is 0 Å². The quantitative estimate of drug-likeness (QED) is 0.524. The first-order valence-electron chi connectivity index (χ1n) is 7.68. The number of hydrogen-bond acceptors (Lipinski definition) is 2. The lowest BCUT2D eigenvalue weighted by Gasteiger charge is -2.26. The first-order chi connectivity index (χ1) is 10.4. The minimum atomic E-state index is -0.481. The number of carbonyl (C=O) groups excluding carboxylic acids is 1. The van der Waals surface area contributed by atoms with Crippen LogP contribution in [-0.2, 0) is 4.74 Å². The molecule has 0 heterocycles. The third kappa shape index (κ3) is 8.08. The van der Waals surface area contributed by atoms with Gasteiger partial charge >= 0.3 is 6.09 Å². The molecule has 0 aliphatic heterocycles. The highest BCUT2D eigenvalue weighted by Gasteiger charge is 2.20. The minimum absolute atomic E-state index is 0.278. The molecule has 0 saturated heterocycles. The van der Waals surface area contributed by atoms with Crippen LogP contribution in [0.4, 0.5) is 4.79 Å². The maximum atomic E-state index is 12.2. The Morgan fingerprint density at radius 2 is 1.91 bits per heavy atom. The van der Waals surface area contributed by atoms with Crippen LogP contribution in [-0.4, -0.2) is 35.6 Å². The summed E-state index contributed by atoms with van der Waals surface area (Å²) in [6.07, 6.45) is 5.49. The minimum Gasteiger partial charge on any atom is -0.444 e. The van der Waals surface area contributed by atoms with Crippen LogP contribution in [0.15, 0.2) is 36.4 Å². The molecule has 0 unspecified atom stereocenters. The van der Waals surface area contributed by atoms with Crippen molar-refractivity contribution in [2.75, 3.05) is 19.0 Å². The average Bonchev–Trinajstić information content (AvgIpc) is 2.45. The van der Waals surface area contributed by atoms with Crippen LogP contribution in [0, 0.1) is 0 Å². The van der Waals surface area contributed by atoms with Crippen molar-refractivity contribution in [2.45, 2.75) is 39.2 Å². The summed E-state index contributed by atoms with van der Waals surface area (Å²) in [4.78, 5) is 14.0. The Labute approximate surface area is 138 Å². The molecule has 1 aromatic rings. The van der Waals surface area contributed by atoms with Gasteiger partial charge in [-0.2, -0.15) is 0 Å². The first kappa shape index (κ1) is 18.6. The Bertz CT molecular complexity index is 466. The number of alkyl halides is 1. The van der Waals surface area contributed by atoms with E-state index in [1.54, 1.807) is 4.90 Å². The molecule has 0 spiro atoms. The average molecular weight is 324 g/mol. The summed E-state index contributed by atoms with van der Waals surface area (Å²) >= 11 is 5.71. The number of carbonyl (C=O) groups is 1. The Balaban J connectivity index is 2.61. The van der Waals surface area contributed by atoms with Gasteiger partial charge in [0.15, 0.2) is 0 Å². The lowest BCUT2D eigenvalue weighted by atomic mass is 10.2. The van der Waals surface area contributed by atoms with Crippen LogP contribution >= 0.6 is 11.6 Å². The highest BCUT2D eigenvalue weighted by Crippen LogP contribution is 2.11. The SMILES string of the molecule is CC(C)(C)OC(=O)N(C/C=C/c1ccccc1)CCCCCl. The van der Waals surface area contributed by atoms with E-state index in [2.05, 4.69) is 0 Å². The fourth-order valence-corrected chi connectivity index (χ4v) is 2.05. The summed E-state index contributed by atoms with van der Waals surface area (Å²) in [5, 5.41) is 0. The van der Waals surface area contributed by atoms with Crippen LogP contribution in [0.1, 0.15) is 39.2 Å². The van der Waals surface area contributed by atoms with Crippen LogP contribution in [0.3, 0.4) is 0 Å². The van der Waals surface area contributed by atoms with Crippen molar-refractivity contribution in [3.8, 4) is 0 Å². The van der Waals surface area contributed by atoms with E-state index >= 15 is 0 Å². The zero-order chi connectivity index (χ0) is 16.4. The molecule has 4 heteroatoms. The maximum absolute atomic E-state index is 12.2. The van der Waals surface area contributed by atoms with Crippen molar-refractivity contribution < 1.29 is 9.53 Å². The Morgan fingerprint density at radius 1 is 1.23 bits per heavy atom. The van der Waals surface area contributed by atoms with Gasteiger partial charge in [0.25, 0.3) is 0 Å². The topological polar surface area (TPSA) is 29.5 Å². The van der Waals surface area contributed by atoms with Gasteiger partial charge in [0.2, 0.25) is 0 Å². The van der Waals surface area contributed by atoms with Crippen LogP contribution < -0.4 is 0 Å². The molecular formula is C18H26ClNO2. The molecule has 0 saturated carbocycles. The number of ether oxygens (including phenoxy) is 1. The number of benzene rings is 1. The molecule has 0 N–H and O–H groups in total. The molecule has 0 aromatic heterocycles. The molecule has 1 amide bonds. The van der Waals surface area contributed by atoms with Gasteiger partial charge in [-0.1, -0.05) is 42.5 Å². The molecule has 0 atom stereocenters. The highest BCUT2D eigenvalue weighted by molar-refractivity contribution is 6.17. The molecule has 3 nitrogen and oxygen atoms in total. The second-order valence-corrected chi connectivity index (χ2v) is 6.51. The smallest absolute Gasteiger partial charge is 0.410 e. The predicted octanol–water partition coefficient (Wildman–Crippen LogP) is 4.96. The van der Waals surface area contributed by atoms with Crippen LogP contribution in [0.25, 0.3) is 6.08 Å². The van der Waals surface area contributed by atoms with Crippen molar-refractivity contribution in [3.05, 3.63) is 42.0 Å². The first-order valence-corrected chi connectivity index (χ1v) is 8.21. The molecule has 22 heavy (non-hydrogen) atoms. The molecule has 0 bridgehead atoms. The number of unbranched alkanes of at least 4 members (excludes halogenated alkanes) is 1. The summed E-state index contributed by atoms with van der Waals surface area (Å²) in [7, 11) is 0. The summed E-state index contributed by atoms with van der Waals surface area (Å²) in [6.45, 7) is 6.82. The molecule has 0 radical (unpaired) electrons.